The van der Waals surface area contributed by atoms with Crippen LogP contribution in [0.5, 0.6) is 5.75 Å². The summed E-state index contributed by atoms with van der Waals surface area (Å²) in [5, 5.41) is 13.2. The number of nitrogens with zero attached hydrogens (tertiary/aromatic N) is 4. The number of amides is 1. The van der Waals surface area contributed by atoms with Crippen LogP contribution in [-0.2, 0) is 17.9 Å². The van der Waals surface area contributed by atoms with Gasteiger partial charge < -0.3 is 14.6 Å². The van der Waals surface area contributed by atoms with Crippen LogP contribution in [0, 0.1) is 13.8 Å². The number of thiazole rings is 1. The molecule has 7 nitrogen and oxygen atoms in total. The van der Waals surface area contributed by atoms with Crippen molar-refractivity contribution >= 4 is 44.9 Å². The topological polar surface area (TPSA) is 81.9 Å². The molecule has 5 aromatic rings. The number of anilines is 1. The highest BCUT2D eigenvalue weighted by Crippen LogP contribution is 2.31. The first kappa shape index (κ1) is 25.0. The summed E-state index contributed by atoms with van der Waals surface area (Å²) in [6.45, 7) is 7.13. The van der Waals surface area contributed by atoms with Gasteiger partial charge in [0, 0.05) is 17.8 Å². The number of ether oxygens (including phenoxy) is 1. The first-order valence-corrected chi connectivity index (χ1v) is 13.8. The molecule has 2 heterocycles. The lowest BCUT2D eigenvalue weighted by molar-refractivity contribution is -0.113. The highest BCUT2D eigenvalue weighted by atomic mass is 32.2. The Morgan fingerprint density at radius 3 is 2.65 bits per heavy atom. The van der Waals surface area contributed by atoms with Crippen LogP contribution in [0.25, 0.3) is 20.8 Å². The quantitative estimate of drug-likeness (QED) is 0.220. The largest absolute Gasteiger partial charge is 0.485 e. The fraction of sp³-hybridized carbons (Fsp3) is 0.214. The number of thioether (sulfide) groups is 1. The van der Waals surface area contributed by atoms with E-state index in [1.165, 1.54) is 22.0 Å². The van der Waals surface area contributed by atoms with Crippen LogP contribution < -0.4 is 10.1 Å². The maximum absolute atomic E-state index is 12.6. The third-order valence-corrected chi connectivity index (χ3v) is 7.89. The number of hydrogen-bond donors (Lipinski definition) is 1. The van der Waals surface area contributed by atoms with Crippen LogP contribution in [0.3, 0.4) is 0 Å². The Morgan fingerprint density at radius 2 is 1.86 bits per heavy atom. The van der Waals surface area contributed by atoms with Gasteiger partial charge in [-0.25, -0.2) is 4.98 Å². The van der Waals surface area contributed by atoms with Gasteiger partial charge in [-0.05, 0) is 74.4 Å². The lowest BCUT2D eigenvalue weighted by Crippen LogP contribution is -2.15. The minimum atomic E-state index is -0.100. The zero-order valence-corrected chi connectivity index (χ0v) is 22.5. The molecular formula is C28H27N5O2S2. The van der Waals surface area contributed by atoms with E-state index in [1.54, 1.807) is 11.3 Å². The minimum absolute atomic E-state index is 0.100. The fourth-order valence-corrected chi connectivity index (χ4v) is 5.78. The number of aryl methyl sites for hydroxylation is 2. The average Bonchev–Trinajstić information content (AvgIpc) is 3.50. The van der Waals surface area contributed by atoms with E-state index < -0.39 is 0 Å². The Balaban J connectivity index is 1.17. The lowest BCUT2D eigenvalue weighted by Gasteiger charge is -2.10. The zero-order chi connectivity index (χ0) is 25.8. The molecule has 1 amide bonds. The second-order valence-electron chi connectivity index (χ2n) is 8.60. The molecule has 0 unspecified atom stereocenters. The summed E-state index contributed by atoms with van der Waals surface area (Å²) >= 11 is 3.03. The van der Waals surface area contributed by atoms with E-state index in [1.807, 2.05) is 66.9 Å². The molecule has 3 aromatic carbocycles. The third-order valence-electron chi connectivity index (χ3n) is 5.85. The van der Waals surface area contributed by atoms with Crippen molar-refractivity contribution in [3.05, 3.63) is 83.7 Å². The molecule has 0 aliphatic carbocycles. The molecule has 5 rings (SSSR count). The summed E-state index contributed by atoms with van der Waals surface area (Å²) in [4.78, 5) is 17.4. The van der Waals surface area contributed by atoms with Gasteiger partial charge >= 0.3 is 0 Å². The van der Waals surface area contributed by atoms with Gasteiger partial charge in [0.2, 0.25) is 5.91 Å². The summed E-state index contributed by atoms with van der Waals surface area (Å²) in [5.41, 5.74) is 5.07. The third kappa shape index (κ3) is 5.84. The van der Waals surface area contributed by atoms with Gasteiger partial charge in [-0.1, -0.05) is 36.0 Å². The van der Waals surface area contributed by atoms with Crippen molar-refractivity contribution in [2.24, 2.45) is 0 Å². The lowest BCUT2D eigenvalue weighted by atomic mass is 10.2. The van der Waals surface area contributed by atoms with E-state index in [0.29, 0.717) is 18.3 Å². The molecule has 0 bridgehead atoms. The smallest absolute Gasteiger partial charge is 0.234 e. The molecule has 0 spiro atoms. The second-order valence-corrected chi connectivity index (χ2v) is 10.6. The molecule has 37 heavy (non-hydrogen) atoms. The predicted octanol–water partition coefficient (Wildman–Crippen LogP) is 6.50. The van der Waals surface area contributed by atoms with Crippen molar-refractivity contribution < 1.29 is 9.53 Å². The molecule has 0 aliphatic rings. The Morgan fingerprint density at radius 1 is 1.05 bits per heavy atom. The van der Waals surface area contributed by atoms with Gasteiger partial charge in [0.05, 0.1) is 16.0 Å². The van der Waals surface area contributed by atoms with Crippen molar-refractivity contribution in [3.63, 3.8) is 0 Å². The number of para-hydroxylation sites is 1. The number of carbonyl (C=O) groups is 1. The zero-order valence-electron chi connectivity index (χ0n) is 20.9. The molecule has 1 N–H and O–H groups in total. The molecule has 188 valence electrons. The molecule has 0 radical (unpaired) electrons. The number of fused-ring (bicyclic) bond motifs is 1. The van der Waals surface area contributed by atoms with Crippen LogP contribution >= 0.6 is 23.1 Å². The standard InChI is InChI=1S/C28H27N5O2S2/c1-4-33-25(16-35-23-8-6-5-7-19(23)3)31-32-28(33)36-17-26(34)29-21-12-10-20(11-13-21)27-30-22-14-9-18(2)15-24(22)37-27/h5-15H,4,16-17H2,1-3H3,(H,29,34). The predicted molar refractivity (Wildman–Crippen MR) is 150 cm³/mol. The van der Waals surface area contributed by atoms with E-state index in [2.05, 4.69) is 40.6 Å². The number of rotatable bonds is 9. The van der Waals surface area contributed by atoms with Gasteiger partial charge in [-0.3, -0.25) is 4.79 Å². The van der Waals surface area contributed by atoms with Crippen molar-refractivity contribution in [3.8, 4) is 16.3 Å². The van der Waals surface area contributed by atoms with Crippen molar-refractivity contribution in [1.82, 2.24) is 19.7 Å². The maximum atomic E-state index is 12.6. The average molecular weight is 530 g/mol. The Labute approximate surface area is 223 Å². The summed E-state index contributed by atoms with van der Waals surface area (Å²) in [7, 11) is 0. The fourth-order valence-electron chi connectivity index (χ4n) is 3.89. The van der Waals surface area contributed by atoms with Crippen LogP contribution in [0.4, 0.5) is 5.69 Å². The van der Waals surface area contributed by atoms with E-state index in [4.69, 9.17) is 9.72 Å². The van der Waals surface area contributed by atoms with Crippen LogP contribution in [0.1, 0.15) is 23.9 Å². The highest BCUT2D eigenvalue weighted by Gasteiger charge is 2.14. The molecule has 0 saturated carbocycles. The monoisotopic (exact) mass is 529 g/mol. The SMILES string of the molecule is CCn1c(COc2ccccc2C)nnc1SCC(=O)Nc1ccc(-c2nc3ccc(C)cc3s2)cc1. The Hall–Kier alpha value is -3.69. The van der Waals surface area contributed by atoms with Gasteiger partial charge in [0.15, 0.2) is 11.0 Å². The van der Waals surface area contributed by atoms with Gasteiger partial charge in [-0.2, -0.15) is 0 Å². The van der Waals surface area contributed by atoms with E-state index in [0.717, 1.165) is 38.9 Å². The number of hydrogen-bond acceptors (Lipinski definition) is 7. The Bertz CT molecular complexity index is 1540. The van der Waals surface area contributed by atoms with E-state index >= 15 is 0 Å². The summed E-state index contributed by atoms with van der Waals surface area (Å²) in [6, 6.07) is 21.9. The molecule has 0 saturated heterocycles. The molecule has 0 aliphatic heterocycles. The first-order chi connectivity index (χ1) is 18.0. The van der Waals surface area contributed by atoms with Crippen LogP contribution in [-0.4, -0.2) is 31.4 Å². The Kier molecular flexibility index (Phi) is 7.52. The maximum Gasteiger partial charge on any atom is 0.234 e. The molecule has 0 fully saturated rings. The van der Waals surface area contributed by atoms with Crippen molar-refractivity contribution in [2.45, 2.75) is 39.1 Å². The molecular weight excluding hydrogens is 502 g/mol. The summed E-state index contributed by atoms with van der Waals surface area (Å²) in [6.07, 6.45) is 0. The number of carbonyl (C=O) groups excluding carboxylic acids is 1. The van der Waals surface area contributed by atoms with Gasteiger partial charge in [-0.15, -0.1) is 21.5 Å². The van der Waals surface area contributed by atoms with Crippen molar-refractivity contribution in [1.29, 1.82) is 0 Å². The minimum Gasteiger partial charge on any atom is -0.485 e. The first-order valence-electron chi connectivity index (χ1n) is 12.0. The second kappa shape index (κ2) is 11.1. The molecule has 9 heteroatoms. The van der Waals surface area contributed by atoms with E-state index in [-0.39, 0.29) is 11.7 Å². The van der Waals surface area contributed by atoms with Crippen molar-refractivity contribution in [2.75, 3.05) is 11.1 Å². The summed E-state index contributed by atoms with van der Waals surface area (Å²) < 4.78 is 9.08. The number of nitrogens with one attached hydrogen (secondary N) is 1. The molecule has 2 aromatic heterocycles. The van der Waals surface area contributed by atoms with Gasteiger partial charge in [0.25, 0.3) is 0 Å². The number of aromatic nitrogens is 4. The summed E-state index contributed by atoms with van der Waals surface area (Å²) in [5.74, 6) is 1.69. The highest BCUT2D eigenvalue weighted by molar-refractivity contribution is 7.99. The van der Waals surface area contributed by atoms with Crippen LogP contribution in [0.2, 0.25) is 0 Å². The van der Waals surface area contributed by atoms with Gasteiger partial charge in [0.1, 0.15) is 17.4 Å². The van der Waals surface area contributed by atoms with Crippen LogP contribution in [0.15, 0.2) is 71.9 Å². The number of benzene rings is 3. The van der Waals surface area contributed by atoms with E-state index in [9.17, 15) is 4.79 Å². The normalized spacial score (nSPS) is 11.1. The molecule has 0 atom stereocenters.